The number of aromatic nitrogens is 2. The average molecular weight is 444 g/mol. The molecule has 0 radical (unpaired) electrons. The van der Waals surface area contributed by atoms with E-state index in [1.165, 1.54) is 35.3 Å². The summed E-state index contributed by atoms with van der Waals surface area (Å²) < 4.78 is 5.77. The first-order valence-corrected chi connectivity index (χ1v) is 10.8. The number of carbonyl (C=O) groups is 1. The lowest BCUT2D eigenvalue weighted by atomic mass is 9.90. The molecule has 2 heterocycles. The smallest absolute Gasteiger partial charge is 0.268 e. The van der Waals surface area contributed by atoms with Crippen LogP contribution in [0, 0.1) is 0 Å². The maximum atomic E-state index is 12.9. The van der Waals surface area contributed by atoms with Crippen LogP contribution in [0.2, 0.25) is 10.0 Å². The van der Waals surface area contributed by atoms with Crippen molar-refractivity contribution in [2.45, 2.75) is 25.7 Å². The Kier molecular flexibility index (Phi) is 4.78. The lowest BCUT2D eigenvalue weighted by Gasteiger charge is -2.16. The Morgan fingerprint density at radius 1 is 1.07 bits per heavy atom. The second-order valence-electron chi connectivity index (χ2n) is 6.96. The van der Waals surface area contributed by atoms with E-state index in [2.05, 4.69) is 27.8 Å². The number of aryl methyl sites for hydroxylation is 2. The van der Waals surface area contributed by atoms with Gasteiger partial charge in [0, 0.05) is 15.6 Å². The number of hydrogen-bond acceptors (Lipinski definition) is 5. The van der Waals surface area contributed by atoms with Crippen molar-refractivity contribution in [2.24, 2.45) is 0 Å². The molecule has 5 nitrogen and oxygen atoms in total. The molecule has 0 fully saturated rings. The molecule has 0 spiro atoms. The molecule has 5 rings (SSSR count). The number of nitrogens with zero attached hydrogens (tertiary/aromatic N) is 2. The Labute approximate surface area is 180 Å². The van der Waals surface area contributed by atoms with Gasteiger partial charge < -0.3 is 5.32 Å². The van der Waals surface area contributed by atoms with E-state index in [9.17, 15) is 4.79 Å². The van der Waals surface area contributed by atoms with Gasteiger partial charge in [-0.25, -0.2) is 4.63 Å². The standard InChI is InChI=1S/C21H15Cl2N3O2S/c22-14-6-3-7-15-16(14)17(23)19(29-15)21(27)24-20-18(25-28-26-20)13-9-8-11-4-1-2-5-12(11)10-13/h3,6-10H,1-2,4-5H2,(H,24,26,27). The van der Waals surface area contributed by atoms with E-state index in [4.69, 9.17) is 27.8 Å². The topological polar surface area (TPSA) is 68.0 Å². The SMILES string of the molecule is O=C(Nc1nonc1-c1ccc2c(c1)CCCC2)c1sc2cccc(Cl)c2c1Cl. The van der Waals surface area contributed by atoms with Gasteiger partial charge in [-0.1, -0.05) is 41.4 Å². The number of carbonyl (C=O) groups excluding carboxylic acids is 1. The summed E-state index contributed by atoms with van der Waals surface area (Å²) in [7, 11) is 0. The fourth-order valence-corrected chi connectivity index (χ4v) is 5.57. The zero-order chi connectivity index (χ0) is 20.0. The molecule has 0 saturated carbocycles. The molecule has 0 unspecified atom stereocenters. The number of nitrogens with one attached hydrogen (secondary N) is 1. The van der Waals surface area contributed by atoms with Crippen LogP contribution in [0.3, 0.4) is 0 Å². The Morgan fingerprint density at radius 2 is 1.90 bits per heavy atom. The van der Waals surface area contributed by atoms with E-state index in [1.54, 1.807) is 6.07 Å². The maximum Gasteiger partial charge on any atom is 0.268 e. The van der Waals surface area contributed by atoms with Crippen molar-refractivity contribution in [1.29, 1.82) is 0 Å². The second-order valence-corrected chi connectivity index (χ2v) is 8.80. The Bertz CT molecular complexity index is 1250. The van der Waals surface area contributed by atoms with E-state index in [-0.39, 0.29) is 11.7 Å². The van der Waals surface area contributed by atoms with Crippen molar-refractivity contribution in [3.63, 3.8) is 0 Å². The highest BCUT2D eigenvalue weighted by Gasteiger charge is 2.22. The predicted octanol–water partition coefficient (Wildman–Crippen LogP) is 6.39. The number of rotatable bonds is 3. The number of hydrogen-bond donors (Lipinski definition) is 1. The zero-order valence-electron chi connectivity index (χ0n) is 15.2. The Hall–Kier alpha value is -2.41. The zero-order valence-corrected chi connectivity index (χ0v) is 17.5. The van der Waals surface area contributed by atoms with Gasteiger partial charge in [-0.15, -0.1) is 11.3 Å². The van der Waals surface area contributed by atoms with Gasteiger partial charge in [0.1, 0.15) is 4.88 Å². The highest BCUT2D eigenvalue weighted by molar-refractivity contribution is 7.21. The van der Waals surface area contributed by atoms with Gasteiger partial charge in [-0.05, 0) is 65.3 Å². The van der Waals surface area contributed by atoms with Crippen LogP contribution in [0.25, 0.3) is 21.3 Å². The number of anilines is 1. The molecule has 1 aliphatic carbocycles. The van der Waals surface area contributed by atoms with Crippen molar-refractivity contribution in [1.82, 2.24) is 10.3 Å². The third-order valence-electron chi connectivity index (χ3n) is 5.15. The molecule has 2 aromatic carbocycles. The van der Waals surface area contributed by atoms with E-state index in [1.807, 2.05) is 18.2 Å². The summed E-state index contributed by atoms with van der Waals surface area (Å²) in [5, 5.41) is 12.2. The minimum atomic E-state index is -0.373. The number of fused-ring (bicyclic) bond motifs is 2. The molecule has 8 heteroatoms. The monoisotopic (exact) mass is 443 g/mol. The van der Waals surface area contributed by atoms with Gasteiger partial charge in [0.05, 0.1) is 10.0 Å². The summed E-state index contributed by atoms with van der Waals surface area (Å²) in [6, 6.07) is 11.7. The van der Waals surface area contributed by atoms with E-state index in [0.29, 0.717) is 26.0 Å². The molecule has 146 valence electrons. The van der Waals surface area contributed by atoms with Gasteiger partial charge in [0.25, 0.3) is 5.91 Å². The van der Waals surface area contributed by atoms with Crippen molar-refractivity contribution in [3.05, 3.63) is 62.4 Å². The summed E-state index contributed by atoms with van der Waals surface area (Å²) in [4.78, 5) is 13.3. The number of thiophene rings is 1. The molecule has 29 heavy (non-hydrogen) atoms. The van der Waals surface area contributed by atoms with E-state index in [0.717, 1.165) is 23.1 Å². The van der Waals surface area contributed by atoms with Crippen LogP contribution >= 0.6 is 34.5 Å². The van der Waals surface area contributed by atoms with Gasteiger partial charge in [0.2, 0.25) is 5.82 Å². The van der Waals surface area contributed by atoms with Crippen LogP contribution in [-0.4, -0.2) is 16.2 Å². The highest BCUT2D eigenvalue weighted by Crippen LogP contribution is 2.40. The summed E-state index contributed by atoms with van der Waals surface area (Å²) in [6.07, 6.45) is 4.56. The average Bonchev–Trinajstić information content (AvgIpc) is 3.32. The fourth-order valence-electron chi connectivity index (χ4n) is 3.72. The fraction of sp³-hybridized carbons (Fsp3) is 0.190. The molecular weight excluding hydrogens is 429 g/mol. The summed E-state index contributed by atoms with van der Waals surface area (Å²) in [5.41, 5.74) is 4.06. The van der Waals surface area contributed by atoms with Gasteiger partial charge in [0.15, 0.2) is 5.69 Å². The minimum Gasteiger partial charge on any atom is -0.301 e. The molecule has 4 aromatic rings. The van der Waals surface area contributed by atoms with Crippen LogP contribution in [0.4, 0.5) is 5.82 Å². The molecular formula is C21H15Cl2N3O2S. The normalized spacial score (nSPS) is 13.4. The summed E-state index contributed by atoms with van der Waals surface area (Å²) in [5.74, 6) is -0.104. The van der Waals surface area contributed by atoms with Crippen LogP contribution in [-0.2, 0) is 12.8 Å². The van der Waals surface area contributed by atoms with Gasteiger partial charge in [-0.2, -0.15) is 0 Å². The third kappa shape index (κ3) is 3.31. The Morgan fingerprint density at radius 3 is 2.72 bits per heavy atom. The molecule has 1 aliphatic rings. The van der Waals surface area contributed by atoms with Crippen LogP contribution in [0.15, 0.2) is 41.0 Å². The minimum absolute atomic E-state index is 0.269. The van der Waals surface area contributed by atoms with Crippen LogP contribution in [0.1, 0.15) is 33.6 Å². The first-order valence-electron chi connectivity index (χ1n) is 9.24. The third-order valence-corrected chi connectivity index (χ3v) is 7.11. The first-order chi connectivity index (χ1) is 14.1. The lowest BCUT2D eigenvalue weighted by molar-refractivity contribution is 0.103. The second kappa shape index (κ2) is 7.44. The van der Waals surface area contributed by atoms with Gasteiger partial charge >= 0.3 is 0 Å². The van der Waals surface area contributed by atoms with Crippen molar-refractivity contribution >= 4 is 56.3 Å². The molecule has 0 saturated heterocycles. The highest BCUT2D eigenvalue weighted by atomic mass is 35.5. The number of amides is 1. The quantitative estimate of drug-likeness (QED) is 0.398. The first kappa shape index (κ1) is 18.6. The van der Waals surface area contributed by atoms with Crippen LogP contribution in [0.5, 0.6) is 0 Å². The van der Waals surface area contributed by atoms with Crippen LogP contribution < -0.4 is 5.32 Å². The van der Waals surface area contributed by atoms with Crippen molar-refractivity contribution in [2.75, 3.05) is 5.32 Å². The molecule has 1 N–H and O–H groups in total. The molecule has 0 bridgehead atoms. The Balaban J connectivity index is 1.47. The van der Waals surface area contributed by atoms with Gasteiger partial charge in [-0.3, -0.25) is 4.79 Å². The van der Waals surface area contributed by atoms with E-state index < -0.39 is 0 Å². The number of halogens is 2. The molecule has 0 aliphatic heterocycles. The van der Waals surface area contributed by atoms with E-state index >= 15 is 0 Å². The molecule has 1 amide bonds. The lowest BCUT2D eigenvalue weighted by Crippen LogP contribution is -2.12. The summed E-state index contributed by atoms with van der Waals surface area (Å²) in [6.45, 7) is 0. The molecule has 0 atom stereocenters. The van der Waals surface area contributed by atoms with Crippen molar-refractivity contribution < 1.29 is 9.42 Å². The summed E-state index contributed by atoms with van der Waals surface area (Å²) >= 11 is 14.0. The maximum absolute atomic E-state index is 12.9. The largest absolute Gasteiger partial charge is 0.301 e. The predicted molar refractivity (Wildman–Crippen MR) is 116 cm³/mol. The molecule has 2 aromatic heterocycles. The number of benzene rings is 2. The van der Waals surface area contributed by atoms with Crippen molar-refractivity contribution in [3.8, 4) is 11.3 Å².